The van der Waals surface area contributed by atoms with Crippen LogP contribution in [0.5, 0.6) is 5.75 Å². The van der Waals surface area contributed by atoms with Gasteiger partial charge >= 0.3 is 55.4 Å². The van der Waals surface area contributed by atoms with Crippen molar-refractivity contribution in [3.63, 3.8) is 0 Å². The molecule has 0 heterocycles. The van der Waals surface area contributed by atoms with E-state index in [0.717, 1.165) is 35.8 Å². The molecule has 7 nitrogen and oxygen atoms in total. The van der Waals surface area contributed by atoms with Gasteiger partial charge in [-0.05, 0) is 12.1 Å². The van der Waals surface area contributed by atoms with Gasteiger partial charge < -0.3 is 25.8 Å². The molecule has 0 aliphatic carbocycles. The molecular weight excluding hydrogens is 282 g/mol. The van der Waals surface area contributed by atoms with Crippen LogP contribution in [0, 0.1) is 0 Å². The van der Waals surface area contributed by atoms with Crippen LogP contribution in [0.15, 0.2) is 24.3 Å². The van der Waals surface area contributed by atoms with Crippen LogP contribution in [-0.4, -0.2) is 66.4 Å². The number of carboxylic acids is 2. The van der Waals surface area contributed by atoms with Gasteiger partial charge in [0.2, 0.25) is 0 Å². The van der Waals surface area contributed by atoms with Crippen LogP contribution >= 0.6 is 0 Å². The molecule has 0 saturated carbocycles. The average Bonchev–Trinajstić information content (AvgIpc) is 2.29. The smallest absolute Gasteiger partial charge is 0.317 e. The molecular formula is C11H13CaNO6. The van der Waals surface area contributed by atoms with Gasteiger partial charge in [0.1, 0.15) is 5.75 Å². The Balaban J connectivity index is 0. The number of carbonyl (C=O) groups excluding carboxylic acids is 2. The summed E-state index contributed by atoms with van der Waals surface area (Å²) in [5.74, 6) is -2.59. The number of nitrogens with two attached hydrogens (primary N) is 1. The van der Waals surface area contributed by atoms with Gasteiger partial charge in [-0.3, -0.25) is 4.79 Å². The molecule has 1 aromatic rings. The summed E-state index contributed by atoms with van der Waals surface area (Å²) in [6.07, 6.45) is 0. The maximum absolute atomic E-state index is 10.2. The minimum atomic E-state index is -1.36. The second kappa shape index (κ2) is 11.9. The Kier molecular flexibility index (Phi) is 12.6. The van der Waals surface area contributed by atoms with Crippen molar-refractivity contribution in [1.82, 2.24) is 0 Å². The number of phenols is 1. The molecule has 0 radical (unpaired) electrons. The van der Waals surface area contributed by atoms with E-state index in [0.29, 0.717) is 1.88 Å². The summed E-state index contributed by atoms with van der Waals surface area (Å²) < 4.78 is 0.292. The quantitative estimate of drug-likeness (QED) is 0.563. The van der Waals surface area contributed by atoms with Crippen LogP contribution in [0.2, 0.25) is 0 Å². The van der Waals surface area contributed by atoms with E-state index >= 15 is 0 Å². The fraction of sp³-hybridized carbons (Fsp3) is 0.182. The predicted molar refractivity (Wildman–Crippen MR) is 65.6 cm³/mol. The molecule has 0 atom stereocenters. The predicted octanol–water partition coefficient (Wildman–Crippen LogP) is -1.51. The molecule has 4 N–H and O–H groups in total. The SMILES string of the molecule is C[C](=O)[Ca+].NCC(=O)O.O=C([O-])c1ccccc1O. The van der Waals surface area contributed by atoms with Crippen LogP contribution < -0.4 is 10.8 Å². The number of para-hydroxylation sites is 1. The number of aromatic carboxylic acids is 1. The molecule has 0 spiro atoms. The second-order valence-electron chi connectivity index (χ2n) is 3.10. The molecule has 0 aliphatic rings. The number of hydrogen-bond donors (Lipinski definition) is 3. The van der Waals surface area contributed by atoms with Crippen LogP contribution in [-0.2, 0) is 9.59 Å². The fourth-order valence-electron chi connectivity index (χ4n) is 0.646. The van der Waals surface area contributed by atoms with E-state index in [1.165, 1.54) is 18.2 Å². The largest absolute Gasteiger partial charge is 0.545 e. The van der Waals surface area contributed by atoms with E-state index in [2.05, 4.69) is 5.73 Å². The molecule has 0 fully saturated rings. The molecule has 0 aliphatic heterocycles. The number of rotatable bonds is 2. The summed E-state index contributed by atoms with van der Waals surface area (Å²) in [6.45, 7) is 1.31. The maximum atomic E-state index is 10.2. The first kappa shape index (κ1) is 20.2. The van der Waals surface area contributed by atoms with E-state index in [4.69, 9.17) is 10.2 Å². The summed E-state index contributed by atoms with van der Waals surface area (Å²) in [5, 5.41) is 26.6. The molecule has 0 saturated heterocycles. The second-order valence-corrected chi connectivity index (χ2v) is 4.66. The van der Waals surface area contributed by atoms with Crippen molar-refractivity contribution in [2.75, 3.05) is 6.54 Å². The zero-order chi connectivity index (χ0) is 15.4. The third-order valence-electron chi connectivity index (χ3n) is 1.30. The zero-order valence-corrected chi connectivity index (χ0v) is 12.5. The molecule has 0 aromatic heterocycles. The van der Waals surface area contributed by atoms with Crippen LogP contribution in [0.3, 0.4) is 0 Å². The standard InChI is InChI=1S/C7H6O3.C2H5NO2.C2H3O.Ca/c8-6-4-2-1-3-5(6)7(9)10;3-1-2(4)5;1-2-3;/h1-4,8H,(H,9,10);1,3H2,(H,4,5);1H3;/q;;;+1/p-1. The van der Waals surface area contributed by atoms with E-state index in [1.807, 2.05) is 0 Å². The Morgan fingerprint density at radius 3 is 1.89 bits per heavy atom. The van der Waals surface area contributed by atoms with Gasteiger partial charge in [0.25, 0.3) is 0 Å². The number of benzene rings is 1. The molecule has 0 unspecified atom stereocenters. The zero-order valence-electron chi connectivity index (χ0n) is 10.3. The van der Waals surface area contributed by atoms with Crippen molar-refractivity contribution in [1.29, 1.82) is 0 Å². The monoisotopic (exact) mass is 295 g/mol. The number of aromatic hydroxyl groups is 1. The van der Waals surface area contributed by atoms with Crippen molar-refractivity contribution in [2.24, 2.45) is 5.73 Å². The van der Waals surface area contributed by atoms with E-state index in [1.54, 1.807) is 13.0 Å². The average molecular weight is 295 g/mol. The third kappa shape index (κ3) is 14.8. The summed E-state index contributed by atoms with van der Waals surface area (Å²) in [6, 6.07) is 5.64. The summed E-state index contributed by atoms with van der Waals surface area (Å²) in [4.78, 5) is 28.9. The first-order chi connectivity index (χ1) is 8.72. The Morgan fingerprint density at radius 2 is 1.68 bits per heavy atom. The number of hydrogen-bond acceptors (Lipinski definition) is 6. The van der Waals surface area contributed by atoms with Crippen molar-refractivity contribution in [3.05, 3.63) is 29.8 Å². The molecule has 19 heavy (non-hydrogen) atoms. The van der Waals surface area contributed by atoms with E-state index in [9.17, 15) is 19.5 Å². The maximum Gasteiger partial charge on any atom is 0.317 e. The van der Waals surface area contributed by atoms with Crippen molar-refractivity contribution >= 4 is 49.6 Å². The summed E-state index contributed by atoms with van der Waals surface area (Å²) >= 11 is 0.792. The topological polar surface area (TPSA) is 141 Å². The van der Waals surface area contributed by atoms with Crippen molar-refractivity contribution in [3.8, 4) is 5.75 Å². The fourth-order valence-corrected chi connectivity index (χ4v) is 0.646. The molecule has 0 amide bonds. The molecule has 0 bridgehead atoms. The molecule has 8 heteroatoms. The first-order valence-corrected chi connectivity index (χ1v) is 6.06. The number of carbonyl (C=O) groups is 3. The molecule has 100 valence electrons. The van der Waals surface area contributed by atoms with Crippen LogP contribution in [0.4, 0.5) is 0 Å². The van der Waals surface area contributed by atoms with Crippen LogP contribution in [0.25, 0.3) is 0 Å². The number of aliphatic carboxylic acids is 1. The van der Waals surface area contributed by atoms with Gasteiger partial charge in [-0.1, -0.05) is 12.1 Å². The van der Waals surface area contributed by atoms with Gasteiger partial charge in [-0.2, -0.15) is 0 Å². The normalized spacial score (nSPS) is 8.21. The first-order valence-electron chi connectivity index (χ1n) is 4.96. The minimum Gasteiger partial charge on any atom is -0.545 e. The third-order valence-corrected chi connectivity index (χ3v) is 1.30. The van der Waals surface area contributed by atoms with Gasteiger partial charge in [0.15, 0.2) is 0 Å². The van der Waals surface area contributed by atoms with Crippen molar-refractivity contribution < 1.29 is 29.7 Å². The molecule has 1 rings (SSSR count). The molecule has 1 aromatic carbocycles. The number of carboxylic acid groups (broad SMARTS) is 2. The van der Waals surface area contributed by atoms with Crippen LogP contribution in [0.1, 0.15) is 17.3 Å². The Hall–Kier alpha value is -1.15. The van der Waals surface area contributed by atoms with Gasteiger partial charge in [0.05, 0.1) is 12.5 Å². The Morgan fingerprint density at radius 1 is 1.32 bits per heavy atom. The van der Waals surface area contributed by atoms with E-state index < -0.39 is 11.9 Å². The summed E-state index contributed by atoms with van der Waals surface area (Å²) in [7, 11) is 0. The van der Waals surface area contributed by atoms with Gasteiger partial charge in [0, 0.05) is 5.56 Å². The van der Waals surface area contributed by atoms with Gasteiger partial charge in [-0.25, -0.2) is 0 Å². The Labute approximate surface area is 133 Å². The Bertz CT molecular complexity index is 431. The van der Waals surface area contributed by atoms with E-state index in [-0.39, 0.29) is 17.9 Å². The van der Waals surface area contributed by atoms with Crippen molar-refractivity contribution in [2.45, 2.75) is 6.92 Å². The van der Waals surface area contributed by atoms with Gasteiger partial charge in [-0.15, -0.1) is 0 Å². The minimum absolute atomic E-state index is 0.178. The summed E-state index contributed by atoms with van der Waals surface area (Å²) in [5.41, 5.74) is 4.39.